The maximum Gasteiger partial charge on any atom is 0.248 e. The van der Waals surface area contributed by atoms with E-state index in [1.807, 2.05) is 6.92 Å². The summed E-state index contributed by atoms with van der Waals surface area (Å²) < 4.78 is 1.42. The predicted molar refractivity (Wildman–Crippen MR) is 73.0 cm³/mol. The van der Waals surface area contributed by atoms with Gasteiger partial charge in [0.1, 0.15) is 0 Å². The van der Waals surface area contributed by atoms with Crippen LogP contribution in [0.25, 0.3) is 0 Å². The minimum absolute atomic E-state index is 0.366. The van der Waals surface area contributed by atoms with Crippen molar-refractivity contribution in [2.45, 2.75) is 23.4 Å². The molecule has 1 heterocycles. The van der Waals surface area contributed by atoms with Crippen molar-refractivity contribution < 1.29 is 4.79 Å². The molecule has 0 saturated heterocycles. The molecule has 0 bridgehead atoms. The van der Waals surface area contributed by atoms with Crippen LogP contribution in [0.2, 0.25) is 0 Å². The van der Waals surface area contributed by atoms with Crippen molar-refractivity contribution in [3.63, 3.8) is 0 Å². The van der Waals surface area contributed by atoms with E-state index in [2.05, 4.69) is 10.2 Å². The maximum absolute atomic E-state index is 11.0. The molecule has 0 aliphatic rings. The molecule has 0 saturated carbocycles. The van der Waals surface area contributed by atoms with Crippen LogP contribution >= 0.6 is 11.8 Å². The highest BCUT2D eigenvalue weighted by molar-refractivity contribution is 7.99. The molecule has 2 rings (SSSR count). The molecule has 0 aliphatic heterocycles. The lowest BCUT2D eigenvalue weighted by Gasteiger charge is -2.06. The van der Waals surface area contributed by atoms with Crippen LogP contribution in [0.15, 0.2) is 28.3 Å². The van der Waals surface area contributed by atoms with Crippen LogP contribution < -0.4 is 17.3 Å². The zero-order valence-corrected chi connectivity index (χ0v) is 11.1. The molecule has 8 heteroatoms. The summed E-state index contributed by atoms with van der Waals surface area (Å²) in [4.78, 5) is 11.8. The lowest BCUT2D eigenvalue weighted by Crippen LogP contribution is -2.13. The van der Waals surface area contributed by atoms with Crippen molar-refractivity contribution in [3.05, 3.63) is 29.6 Å². The van der Waals surface area contributed by atoms with Crippen molar-refractivity contribution in [1.29, 1.82) is 0 Å². The molecule has 0 spiro atoms. The number of aromatic nitrogens is 3. The molecule has 1 aromatic carbocycles. The Morgan fingerprint density at radius 1 is 1.42 bits per heavy atom. The number of nitrogens with two attached hydrogens (primary N) is 3. The molecule has 0 radical (unpaired) electrons. The van der Waals surface area contributed by atoms with Gasteiger partial charge in [-0.15, -0.1) is 10.2 Å². The van der Waals surface area contributed by atoms with Gasteiger partial charge in [-0.1, -0.05) is 6.92 Å². The molecule has 0 aliphatic carbocycles. The molecule has 0 fully saturated rings. The van der Waals surface area contributed by atoms with Crippen LogP contribution in [0.3, 0.4) is 0 Å². The van der Waals surface area contributed by atoms with Gasteiger partial charge >= 0.3 is 0 Å². The second-order valence-corrected chi connectivity index (χ2v) is 4.85. The average Bonchev–Trinajstić information content (AvgIpc) is 2.72. The van der Waals surface area contributed by atoms with Crippen LogP contribution in [-0.2, 0) is 6.42 Å². The van der Waals surface area contributed by atoms with Crippen molar-refractivity contribution >= 4 is 23.4 Å². The summed E-state index contributed by atoms with van der Waals surface area (Å²) in [6.07, 6.45) is 0.695. The first-order chi connectivity index (χ1) is 9.02. The fraction of sp³-hybridized carbons (Fsp3) is 0.182. The molecule has 0 unspecified atom stereocenters. The van der Waals surface area contributed by atoms with Gasteiger partial charge in [0.25, 0.3) is 0 Å². The number of nitrogens with zero attached hydrogens (tertiary/aromatic N) is 3. The molecule has 6 N–H and O–H groups in total. The number of carbonyl (C=O) groups excluding carboxylic acids is 1. The van der Waals surface area contributed by atoms with E-state index in [0.29, 0.717) is 28.7 Å². The van der Waals surface area contributed by atoms with E-state index in [9.17, 15) is 4.79 Å². The number of amides is 1. The van der Waals surface area contributed by atoms with Crippen molar-refractivity contribution in [3.8, 4) is 0 Å². The Bertz CT molecular complexity index is 624. The molecule has 7 nitrogen and oxygen atoms in total. The van der Waals surface area contributed by atoms with E-state index < -0.39 is 5.91 Å². The quantitative estimate of drug-likeness (QED) is 0.548. The smallest absolute Gasteiger partial charge is 0.248 e. The van der Waals surface area contributed by atoms with E-state index in [-0.39, 0.29) is 0 Å². The Labute approximate surface area is 114 Å². The lowest BCUT2D eigenvalue weighted by molar-refractivity contribution is 0.100. The summed E-state index contributed by atoms with van der Waals surface area (Å²) in [5.74, 6) is 6.02. The first-order valence-corrected chi connectivity index (χ1v) is 6.41. The van der Waals surface area contributed by atoms with E-state index >= 15 is 0 Å². The molecule has 1 aromatic heterocycles. The van der Waals surface area contributed by atoms with Gasteiger partial charge in [0.05, 0.1) is 0 Å². The molecule has 19 heavy (non-hydrogen) atoms. The third kappa shape index (κ3) is 2.63. The standard InChI is InChI=1S/C11H14N6OS/c1-2-9-15-16-11(17(9)14)19-8-4-3-6(10(13)18)5-7(8)12/h3-5H,2,12,14H2,1H3,(H2,13,18). The van der Waals surface area contributed by atoms with Gasteiger partial charge < -0.3 is 17.3 Å². The normalized spacial score (nSPS) is 10.6. The Morgan fingerprint density at radius 3 is 2.68 bits per heavy atom. The van der Waals surface area contributed by atoms with Crippen LogP contribution in [0, 0.1) is 0 Å². The van der Waals surface area contributed by atoms with Crippen LogP contribution in [0.4, 0.5) is 5.69 Å². The fourth-order valence-electron chi connectivity index (χ4n) is 1.51. The molecule has 1 amide bonds. The lowest BCUT2D eigenvalue weighted by atomic mass is 10.2. The highest BCUT2D eigenvalue weighted by atomic mass is 32.2. The fourth-order valence-corrected chi connectivity index (χ4v) is 2.31. The SMILES string of the molecule is CCc1nnc(Sc2ccc(C(N)=O)cc2N)n1N. The first kappa shape index (κ1) is 13.2. The summed E-state index contributed by atoms with van der Waals surface area (Å²) >= 11 is 1.28. The second kappa shape index (κ2) is 5.19. The van der Waals surface area contributed by atoms with Crippen LogP contribution in [0.5, 0.6) is 0 Å². The van der Waals surface area contributed by atoms with Gasteiger partial charge in [-0.3, -0.25) is 4.79 Å². The predicted octanol–water partition coefficient (Wildman–Crippen LogP) is 0.387. The van der Waals surface area contributed by atoms with Gasteiger partial charge in [-0.05, 0) is 30.0 Å². The highest BCUT2D eigenvalue weighted by Gasteiger charge is 2.12. The number of aryl methyl sites for hydroxylation is 1. The summed E-state index contributed by atoms with van der Waals surface area (Å²) in [5, 5.41) is 8.48. The number of rotatable bonds is 4. The maximum atomic E-state index is 11.0. The minimum atomic E-state index is -0.515. The summed E-state index contributed by atoms with van der Waals surface area (Å²) in [5.41, 5.74) is 11.9. The number of benzene rings is 1. The Balaban J connectivity index is 2.28. The number of anilines is 1. The van der Waals surface area contributed by atoms with Gasteiger partial charge in [-0.2, -0.15) is 0 Å². The third-order valence-corrected chi connectivity index (χ3v) is 3.60. The number of hydrogen-bond donors (Lipinski definition) is 3. The second-order valence-electron chi connectivity index (χ2n) is 3.84. The van der Waals surface area contributed by atoms with Crippen LogP contribution in [0.1, 0.15) is 23.1 Å². The van der Waals surface area contributed by atoms with E-state index in [4.69, 9.17) is 17.3 Å². The minimum Gasteiger partial charge on any atom is -0.398 e. The Hall–Kier alpha value is -2.22. The summed E-state index contributed by atoms with van der Waals surface area (Å²) in [7, 11) is 0. The van der Waals surface area contributed by atoms with E-state index in [0.717, 1.165) is 4.90 Å². The zero-order valence-electron chi connectivity index (χ0n) is 10.3. The third-order valence-electron chi connectivity index (χ3n) is 2.55. The van der Waals surface area contributed by atoms with Gasteiger partial charge in [0, 0.05) is 22.6 Å². The largest absolute Gasteiger partial charge is 0.398 e. The molecule has 0 atom stereocenters. The molecular weight excluding hydrogens is 264 g/mol. The number of hydrogen-bond acceptors (Lipinski definition) is 6. The average molecular weight is 278 g/mol. The summed E-state index contributed by atoms with van der Waals surface area (Å²) in [6, 6.07) is 4.85. The molecule has 100 valence electrons. The number of nitrogen functional groups attached to an aromatic ring is 2. The van der Waals surface area contributed by atoms with E-state index in [1.165, 1.54) is 22.5 Å². The monoisotopic (exact) mass is 278 g/mol. The van der Waals surface area contributed by atoms with E-state index in [1.54, 1.807) is 12.1 Å². The molecular formula is C11H14N6OS. The Kier molecular flexibility index (Phi) is 3.61. The highest BCUT2D eigenvalue weighted by Crippen LogP contribution is 2.31. The topological polar surface area (TPSA) is 126 Å². The van der Waals surface area contributed by atoms with Gasteiger partial charge in [0.15, 0.2) is 5.82 Å². The molecule has 2 aromatic rings. The Morgan fingerprint density at radius 2 is 2.16 bits per heavy atom. The first-order valence-electron chi connectivity index (χ1n) is 5.59. The summed E-state index contributed by atoms with van der Waals surface area (Å²) in [6.45, 7) is 1.94. The number of primary amides is 1. The zero-order chi connectivity index (χ0) is 14.0. The van der Waals surface area contributed by atoms with Crippen molar-refractivity contribution in [1.82, 2.24) is 14.9 Å². The van der Waals surface area contributed by atoms with Crippen LogP contribution in [-0.4, -0.2) is 20.8 Å². The van der Waals surface area contributed by atoms with Crippen molar-refractivity contribution in [2.75, 3.05) is 11.6 Å². The van der Waals surface area contributed by atoms with Crippen molar-refractivity contribution in [2.24, 2.45) is 5.73 Å². The number of carbonyl (C=O) groups is 1. The van der Waals surface area contributed by atoms with Gasteiger partial charge in [0.2, 0.25) is 11.1 Å². The van der Waals surface area contributed by atoms with Gasteiger partial charge in [-0.25, -0.2) is 4.68 Å².